The molecule has 1 spiro atoms. The van der Waals surface area contributed by atoms with E-state index in [9.17, 15) is 13.2 Å². The zero-order valence-electron chi connectivity index (χ0n) is 11.8. The van der Waals surface area contributed by atoms with Gasteiger partial charge in [0, 0.05) is 6.04 Å². The first-order valence-electron chi connectivity index (χ1n) is 7.55. The highest BCUT2D eigenvalue weighted by Crippen LogP contribution is 2.53. The minimum atomic E-state index is -4.38. The molecule has 116 valence electrons. The van der Waals surface area contributed by atoms with Crippen molar-refractivity contribution in [2.45, 2.75) is 57.2 Å². The first-order chi connectivity index (χ1) is 9.92. The summed E-state index contributed by atoms with van der Waals surface area (Å²) < 4.78 is 39.4. The lowest BCUT2D eigenvalue weighted by atomic mass is 9.57. The van der Waals surface area contributed by atoms with Gasteiger partial charge in [-0.05, 0) is 43.2 Å². The second-order valence-corrected chi connectivity index (χ2v) is 6.73. The summed E-state index contributed by atoms with van der Waals surface area (Å²) >= 11 is 6.03. The van der Waals surface area contributed by atoms with Crippen LogP contribution in [0.25, 0.3) is 0 Å². The topological polar surface area (TPSA) is 12.0 Å². The third kappa shape index (κ3) is 2.75. The van der Waals surface area contributed by atoms with Gasteiger partial charge in [-0.3, -0.25) is 0 Å². The average Bonchev–Trinajstić information content (AvgIpc) is 2.44. The summed E-state index contributed by atoms with van der Waals surface area (Å²) in [5.41, 5.74) is -0.408. The predicted octanol–water partition coefficient (Wildman–Crippen LogP) is 5.88. The van der Waals surface area contributed by atoms with E-state index in [1.165, 1.54) is 31.4 Å². The lowest BCUT2D eigenvalue weighted by Crippen LogP contribution is -2.50. The average molecular weight is 318 g/mol. The number of hydrogen-bond acceptors (Lipinski definition) is 1. The van der Waals surface area contributed by atoms with E-state index in [1.807, 2.05) is 0 Å². The van der Waals surface area contributed by atoms with Crippen LogP contribution in [0.4, 0.5) is 18.9 Å². The van der Waals surface area contributed by atoms with Gasteiger partial charge >= 0.3 is 6.18 Å². The Morgan fingerprint density at radius 2 is 1.81 bits per heavy atom. The van der Waals surface area contributed by atoms with Gasteiger partial charge in [0.25, 0.3) is 0 Å². The van der Waals surface area contributed by atoms with Gasteiger partial charge in [-0.1, -0.05) is 36.9 Å². The Bertz CT molecular complexity index is 521. The third-order valence-corrected chi connectivity index (χ3v) is 5.47. The molecular weight excluding hydrogens is 299 g/mol. The minimum absolute atomic E-state index is 0.0568. The Morgan fingerprint density at radius 1 is 1.10 bits per heavy atom. The Balaban J connectivity index is 1.85. The van der Waals surface area contributed by atoms with Crippen LogP contribution in [0.15, 0.2) is 18.2 Å². The summed E-state index contributed by atoms with van der Waals surface area (Å²) in [6, 6.07) is 4.10. The maximum Gasteiger partial charge on any atom is 0.418 e. The Hall–Kier alpha value is -0.900. The summed E-state index contributed by atoms with van der Waals surface area (Å²) in [6.07, 6.45) is 3.54. The smallest absolute Gasteiger partial charge is 0.380 e. The van der Waals surface area contributed by atoms with E-state index >= 15 is 0 Å². The van der Waals surface area contributed by atoms with Gasteiger partial charge in [0.05, 0.1) is 16.3 Å². The van der Waals surface area contributed by atoms with Crippen molar-refractivity contribution < 1.29 is 13.2 Å². The van der Waals surface area contributed by atoms with Crippen LogP contribution in [-0.4, -0.2) is 6.04 Å². The molecule has 1 nitrogen and oxygen atoms in total. The normalized spacial score (nSPS) is 24.7. The van der Waals surface area contributed by atoms with Crippen molar-refractivity contribution in [2.24, 2.45) is 5.41 Å². The van der Waals surface area contributed by atoms with Gasteiger partial charge in [0.2, 0.25) is 0 Å². The van der Waals surface area contributed by atoms with Gasteiger partial charge in [0.15, 0.2) is 0 Å². The van der Waals surface area contributed by atoms with Crippen LogP contribution in [0.5, 0.6) is 0 Å². The van der Waals surface area contributed by atoms with Gasteiger partial charge < -0.3 is 5.32 Å². The number of para-hydroxylation sites is 1. The highest BCUT2D eigenvalue weighted by atomic mass is 35.5. The molecule has 0 amide bonds. The number of halogens is 4. The summed E-state index contributed by atoms with van der Waals surface area (Å²) in [4.78, 5) is 0. The van der Waals surface area contributed by atoms with Crippen molar-refractivity contribution in [2.75, 3.05) is 5.32 Å². The second-order valence-electron chi connectivity index (χ2n) is 6.32. The Kier molecular flexibility index (Phi) is 3.85. The van der Waals surface area contributed by atoms with Crippen LogP contribution in [0.1, 0.15) is 50.5 Å². The molecule has 0 heterocycles. The van der Waals surface area contributed by atoms with Gasteiger partial charge in [-0.2, -0.15) is 13.2 Å². The van der Waals surface area contributed by atoms with Crippen molar-refractivity contribution in [3.8, 4) is 0 Å². The number of anilines is 1. The molecule has 1 atom stereocenters. The molecule has 0 saturated heterocycles. The number of rotatable bonds is 2. The molecule has 5 heteroatoms. The number of benzene rings is 1. The summed E-state index contributed by atoms with van der Waals surface area (Å²) in [5.74, 6) is 0. The van der Waals surface area contributed by atoms with Crippen LogP contribution in [0.3, 0.4) is 0 Å². The van der Waals surface area contributed by atoms with E-state index in [1.54, 1.807) is 0 Å². The van der Waals surface area contributed by atoms with Crippen LogP contribution in [-0.2, 0) is 6.18 Å². The highest BCUT2D eigenvalue weighted by molar-refractivity contribution is 6.33. The molecule has 3 rings (SSSR count). The molecule has 0 bridgehead atoms. The minimum Gasteiger partial charge on any atom is -0.380 e. The van der Waals surface area contributed by atoms with Crippen molar-refractivity contribution >= 4 is 17.3 Å². The fourth-order valence-electron chi connectivity index (χ4n) is 3.86. The largest absolute Gasteiger partial charge is 0.418 e. The van der Waals surface area contributed by atoms with E-state index in [2.05, 4.69) is 5.32 Å². The lowest BCUT2D eigenvalue weighted by molar-refractivity contribution is -0.137. The maximum atomic E-state index is 13.1. The van der Waals surface area contributed by atoms with E-state index in [-0.39, 0.29) is 22.2 Å². The number of hydrogen-bond donors (Lipinski definition) is 1. The molecule has 2 aliphatic carbocycles. The summed E-state index contributed by atoms with van der Waals surface area (Å²) in [5, 5.41) is 3.29. The van der Waals surface area contributed by atoms with E-state index in [4.69, 9.17) is 11.6 Å². The van der Waals surface area contributed by atoms with Crippen LogP contribution < -0.4 is 5.32 Å². The molecular formula is C16H19ClF3N. The van der Waals surface area contributed by atoms with Crippen molar-refractivity contribution in [3.05, 3.63) is 28.8 Å². The highest BCUT2D eigenvalue weighted by Gasteiger charge is 2.47. The Morgan fingerprint density at radius 3 is 2.38 bits per heavy atom. The molecule has 1 aromatic carbocycles. The van der Waals surface area contributed by atoms with E-state index in [0.29, 0.717) is 0 Å². The maximum absolute atomic E-state index is 13.1. The van der Waals surface area contributed by atoms with Crippen LogP contribution in [0.2, 0.25) is 5.02 Å². The fraction of sp³-hybridized carbons (Fsp3) is 0.625. The molecule has 0 aliphatic heterocycles. The van der Waals surface area contributed by atoms with E-state index < -0.39 is 11.7 Å². The molecule has 1 unspecified atom stereocenters. The third-order valence-electron chi connectivity index (χ3n) is 5.16. The molecule has 2 saturated carbocycles. The van der Waals surface area contributed by atoms with Crippen LogP contribution >= 0.6 is 11.6 Å². The monoisotopic (exact) mass is 317 g/mol. The summed E-state index contributed by atoms with van der Waals surface area (Å²) in [6.45, 7) is 0. The lowest BCUT2D eigenvalue weighted by Gasteiger charge is -2.53. The quantitative estimate of drug-likeness (QED) is 0.717. The molecule has 21 heavy (non-hydrogen) atoms. The first kappa shape index (κ1) is 15.0. The number of alkyl halides is 3. The van der Waals surface area contributed by atoms with Gasteiger partial charge in [-0.15, -0.1) is 0 Å². The summed E-state index contributed by atoms with van der Waals surface area (Å²) in [7, 11) is 0. The Labute approximate surface area is 127 Å². The molecule has 0 aromatic heterocycles. The first-order valence-corrected chi connectivity index (χ1v) is 7.92. The van der Waals surface area contributed by atoms with Gasteiger partial charge in [-0.25, -0.2) is 0 Å². The second kappa shape index (κ2) is 5.38. The molecule has 1 aromatic rings. The van der Waals surface area contributed by atoms with Crippen molar-refractivity contribution in [3.63, 3.8) is 0 Å². The van der Waals surface area contributed by atoms with Crippen molar-refractivity contribution in [1.29, 1.82) is 0 Å². The van der Waals surface area contributed by atoms with Gasteiger partial charge in [0.1, 0.15) is 0 Å². The number of nitrogens with one attached hydrogen (secondary N) is 1. The predicted molar refractivity (Wildman–Crippen MR) is 78.6 cm³/mol. The standard InChI is InChI=1S/C16H19ClF3N/c17-12-6-4-5-11(16(18,19)20)14(12)21-13-7-10-15(13)8-2-1-3-9-15/h4-6,13,21H,1-3,7-10H2. The fourth-order valence-corrected chi connectivity index (χ4v) is 4.09. The molecule has 2 fully saturated rings. The molecule has 2 aliphatic rings. The zero-order chi connectivity index (χ0) is 15.1. The van der Waals surface area contributed by atoms with E-state index in [0.717, 1.165) is 31.7 Å². The molecule has 0 radical (unpaired) electrons. The zero-order valence-corrected chi connectivity index (χ0v) is 12.5. The van der Waals surface area contributed by atoms with Crippen LogP contribution in [0, 0.1) is 5.41 Å². The SMILES string of the molecule is FC(F)(F)c1cccc(Cl)c1NC1CCC12CCCCC2. The van der Waals surface area contributed by atoms with Crippen molar-refractivity contribution in [1.82, 2.24) is 0 Å². The molecule has 1 N–H and O–H groups in total.